The number of nitrogens with zero attached hydrogens (tertiary/aromatic N) is 4. The summed E-state index contributed by atoms with van der Waals surface area (Å²) in [6.07, 6.45) is 0. The number of aromatic nitrogens is 3. The van der Waals surface area contributed by atoms with Gasteiger partial charge in [0.2, 0.25) is 0 Å². The molecule has 3 aromatic rings. The minimum absolute atomic E-state index is 0.0952. The number of rotatable bonds is 5. The van der Waals surface area contributed by atoms with Crippen molar-refractivity contribution in [3.8, 4) is 5.75 Å². The van der Waals surface area contributed by atoms with Crippen LogP contribution in [0.1, 0.15) is 36.1 Å². The van der Waals surface area contributed by atoms with Crippen molar-refractivity contribution in [2.45, 2.75) is 26.8 Å². The molecule has 1 aromatic carbocycles. The molecule has 0 aliphatic carbocycles. The molecule has 0 atom stereocenters. The average molecular weight is 375 g/mol. The quantitative estimate of drug-likeness (QED) is 0.539. The molecule has 1 amide bonds. The zero-order valence-corrected chi connectivity index (χ0v) is 15.5. The van der Waals surface area contributed by atoms with E-state index in [1.807, 2.05) is 20.8 Å². The fourth-order valence-corrected chi connectivity index (χ4v) is 3.49. The van der Waals surface area contributed by atoms with Crippen LogP contribution in [-0.2, 0) is 0 Å². The monoisotopic (exact) mass is 375 g/mol. The normalized spacial score (nSPS) is 11.1. The number of nitrogens with one attached hydrogen (secondary N) is 1. The van der Waals surface area contributed by atoms with E-state index in [1.165, 1.54) is 19.2 Å². The first-order valence-corrected chi connectivity index (χ1v) is 8.62. The third kappa shape index (κ3) is 3.23. The van der Waals surface area contributed by atoms with Gasteiger partial charge < -0.3 is 4.74 Å². The molecule has 136 valence electrons. The van der Waals surface area contributed by atoms with Crippen LogP contribution in [0.3, 0.4) is 0 Å². The molecule has 0 bridgehead atoms. The van der Waals surface area contributed by atoms with E-state index in [0.717, 1.165) is 17.0 Å². The Bertz CT molecular complexity index is 1010. The molecule has 2 heterocycles. The average Bonchev–Trinajstić information content (AvgIpc) is 3.16. The minimum Gasteiger partial charge on any atom is -0.494 e. The molecule has 0 saturated carbocycles. The Kier molecular flexibility index (Phi) is 4.60. The second kappa shape index (κ2) is 6.71. The van der Waals surface area contributed by atoms with Crippen LogP contribution >= 0.6 is 11.3 Å². The molecule has 3 rings (SSSR count). The van der Waals surface area contributed by atoms with Crippen molar-refractivity contribution in [1.29, 1.82) is 0 Å². The second-order valence-electron chi connectivity index (χ2n) is 5.93. The number of nitro benzene ring substituents is 1. The third-order valence-corrected chi connectivity index (χ3v) is 4.66. The van der Waals surface area contributed by atoms with Crippen molar-refractivity contribution in [3.63, 3.8) is 0 Å². The van der Waals surface area contributed by atoms with Crippen LogP contribution in [0.2, 0.25) is 0 Å². The molecule has 10 heteroatoms. The number of hydrogen-bond donors (Lipinski definition) is 1. The van der Waals surface area contributed by atoms with Crippen LogP contribution in [0.5, 0.6) is 5.75 Å². The largest absolute Gasteiger partial charge is 0.494 e. The lowest BCUT2D eigenvalue weighted by Gasteiger charge is -2.06. The highest BCUT2D eigenvalue weighted by Gasteiger charge is 2.19. The number of non-ortho nitro benzene ring substituents is 1. The molecular weight excluding hydrogens is 358 g/mol. The van der Waals surface area contributed by atoms with Crippen LogP contribution in [0.15, 0.2) is 18.2 Å². The molecular formula is C16H17N5O4S. The van der Waals surface area contributed by atoms with Crippen LogP contribution < -0.4 is 10.1 Å². The Hall–Kier alpha value is -3.01. The van der Waals surface area contributed by atoms with Crippen LogP contribution in [-0.4, -0.2) is 32.7 Å². The molecule has 0 fully saturated rings. The highest BCUT2D eigenvalue weighted by Crippen LogP contribution is 2.36. The van der Waals surface area contributed by atoms with E-state index in [4.69, 9.17) is 4.74 Å². The van der Waals surface area contributed by atoms with Crippen LogP contribution in [0.25, 0.3) is 10.2 Å². The SMILES string of the molecule is COc1cc([N+](=O)[O-])cc2sc(NC(=O)c3cc(C)n(C(C)C)n3)nc12. The minimum atomic E-state index is -0.499. The highest BCUT2D eigenvalue weighted by atomic mass is 32.1. The number of benzene rings is 1. The number of carbonyl (C=O) groups excluding carboxylic acids is 1. The molecule has 0 unspecified atom stereocenters. The summed E-state index contributed by atoms with van der Waals surface area (Å²) in [5, 5.41) is 18.3. The van der Waals surface area contributed by atoms with Crippen molar-refractivity contribution in [2.75, 3.05) is 12.4 Å². The van der Waals surface area contributed by atoms with E-state index in [-0.39, 0.29) is 29.1 Å². The zero-order valence-electron chi connectivity index (χ0n) is 14.6. The number of ether oxygens (including phenoxy) is 1. The standard InChI is InChI=1S/C16H17N5O4S/c1-8(2)20-9(3)5-11(19-20)15(22)18-16-17-14-12(25-4)6-10(21(23)24)7-13(14)26-16/h5-8H,1-4H3,(H,17,18,22). The molecule has 1 N–H and O–H groups in total. The van der Waals surface area contributed by atoms with Gasteiger partial charge in [-0.2, -0.15) is 5.10 Å². The maximum atomic E-state index is 12.4. The van der Waals surface area contributed by atoms with Gasteiger partial charge in [-0.1, -0.05) is 11.3 Å². The Labute approximate surface area is 152 Å². The third-order valence-electron chi connectivity index (χ3n) is 3.74. The summed E-state index contributed by atoms with van der Waals surface area (Å²) >= 11 is 1.14. The number of amides is 1. The van der Waals surface area contributed by atoms with Gasteiger partial charge >= 0.3 is 0 Å². The number of thiazole rings is 1. The molecule has 0 radical (unpaired) electrons. The summed E-state index contributed by atoms with van der Waals surface area (Å²) in [7, 11) is 1.41. The summed E-state index contributed by atoms with van der Waals surface area (Å²) in [5.74, 6) is -0.106. The number of aryl methyl sites for hydroxylation is 1. The fourth-order valence-electron chi connectivity index (χ4n) is 2.58. The van der Waals surface area contributed by atoms with Gasteiger partial charge in [0, 0.05) is 17.8 Å². The first-order valence-electron chi connectivity index (χ1n) is 7.80. The molecule has 0 aliphatic heterocycles. The summed E-state index contributed by atoms with van der Waals surface area (Å²) in [6.45, 7) is 5.84. The first-order chi connectivity index (χ1) is 12.3. The Morgan fingerprint density at radius 3 is 2.69 bits per heavy atom. The Balaban J connectivity index is 1.92. The van der Waals surface area contributed by atoms with Gasteiger partial charge in [0.05, 0.1) is 22.8 Å². The van der Waals surface area contributed by atoms with Crippen molar-refractivity contribution < 1.29 is 14.5 Å². The predicted molar refractivity (Wildman–Crippen MR) is 98.1 cm³/mol. The first kappa shape index (κ1) is 17.8. The van der Waals surface area contributed by atoms with E-state index in [2.05, 4.69) is 15.4 Å². The fraction of sp³-hybridized carbons (Fsp3) is 0.312. The number of nitro groups is 1. The van der Waals surface area contributed by atoms with E-state index in [1.54, 1.807) is 10.7 Å². The summed E-state index contributed by atoms with van der Waals surface area (Å²) in [4.78, 5) is 27.3. The van der Waals surface area contributed by atoms with Gasteiger partial charge in [-0.3, -0.25) is 24.9 Å². The summed E-state index contributed by atoms with van der Waals surface area (Å²) < 4.78 is 7.49. The van der Waals surface area contributed by atoms with Crippen molar-refractivity contribution in [1.82, 2.24) is 14.8 Å². The Morgan fingerprint density at radius 1 is 1.38 bits per heavy atom. The van der Waals surface area contributed by atoms with Gasteiger partial charge in [-0.25, -0.2) is 4.98 Å². The van der Waals surface area contributed by atoms with Gasteiger partial charge in [-0.15, -0.1) is 0 Å². The number of anilines is 1. The van der Waals surface area contributed by atoms with E-state index in [9.17, 15) is 14.9 Å². The van der Waals surface area contributed by atoms with E-state index < -0.39 is 4.92 Å². The van der Waals surface area contributed by atoms with Crippen molar-refractivity contribution >= 4 is 38.3 Å². The predicted octanol–water partition coefficient (Wildman–Crippen LogP) is 3.55. The second-order valence-corrected chi connectivity index (χ2v) is 6.96. The number of fused-ring (bicyclic) bond motifs is 1. The van der Waals surface area contributed by atoms with Gasteiger partial charge in [0.25, 0.3) is 11.6 Å². The lowest BCUT2D eigenvalue weighted by Crippen LogP contribution is -2.13. The Morgan fingerprint density at radius 2 is 2.12 bits per heavy atom. The number of carbonyl (C=O) groups is 1. The van der Waals surface area contributed by atoms with E-state index in [0.29, 0.717) is 15.3 Å². The molecule has 0 aliphatic rings. The highest BCUT2D eigenvalue weighted by molar-refractivity contribution is 7.22. The molecule has 0 spiro atoms. The van der Waals surface area contributed by atoms with Crippen LogP contribution in [0.4, 0.5) is 10.8 Å². The number of hydrogen-bond acceptors (Lipinski definition) is 7. The molecule has 2 aromatic heterocycles. The smallest absolute Gasteiger partial charge is 0.277 e. The van der Waals surface area contributed by atoms with Gasteiger partial charge in [-0.05, 0) is 26.8 Å². The van der Waals surface area contributed by atoms with Gasteiger partial charge in [0.1, 0.15) is 5.52 Å². The maximum Gasteiger partial charge on any atom is 0.277 e. The summed E-state index contributed by atoms with van der Waals surface area (Å²) in [5.41, 5.74) is 1.53. The zero-order chi connectivity index (χ0) is 19.0. The van der Waals surface area contributed by atoms with Gasteiger partial charge in [0.15, 0.2) is 16.6 Å². The topological polar surface area (TPSA) is 112 Å². The molecule has 9 nitrogen and oxygen atoms in total. The van der Waals surface area contributed by atoms with E-state index >= 15 is 0 Å². The number of methoxy groups -OCH3 is 1. The molecule has 0 saturated heterocycles. The lowest BCUT2D eigenvalue weighted by molar-refractivity contribution is -0.384. The molecule has 26 heavy (non-hydrogen) atoms. The van der Waals surface area contributed by atoms with Crippen molar-refractivity contribution in [2.24, 2.45) is 0 Å². The lowest BCUT2D eigenvalue weighted by atomic mass is 10.3. The van der Waals surface area contributed by atoms with Crippen LogP contribution in [0, 0.1) is 17.0 Å². The summed E-state index contributed by atoms with van der Waals surface area (Å²) in [6, 6.07) is 4.56. The van der Waals surface area contributed by atoms with Crippen molar-refractivity contribution in [3.05, 3.63) is 39.7 Å². The maximum absolute atomic E-state index is 12.4.